The zero-order valence-corrected chi connectivity index (χ0v) is 11.9. The molecule has 6 nitrogen and oxygen atoms in total. The average molecular weight is 305 g/mol. The van der Waals surface area contributed by atoms with E-state index in [9.17, 15) is 18.3 Å². The lowest BCUT2D eigenvalue weighted by atomic mass is 10.2. The molecule has 1 fully saturated rings. The first kappa shape index (κ1) is 14.4. The molecule has 1 aliphatic heterocycles. The highest BCUT2D eigenvalue weighted by Gasteiger charge is 2.43. The van der Waals surface area contributed by atoms with Crippen LogP contribution in [0.1, 0.15) is 18.2 Å². The number of aliphatic hydroxyl groups excluding tert-OH is 1. The summed E-state index contributed by atoms with van der Waals surface area (Å²) < 4.78 is 25.8. The number of aliphatic carboxylic acids is 1. The summed E-state index contributed by atoms with van der Waals surface area (Å²) >= 11 is 1.14. The van der Waals surface area contributed by atoms with E-state index >= 15 is 0 Å². The molecule has 19 heavy (non-hydrogen) atoms. The standard InChI is InChI=1S/C11H15NO5S2/c1-2-8-3-4-10(18-8)19(16,17)12-6-7(13)5-9(12)11(14)15/h3-4,7,9,13H,2,5-6H2,1H3,(H,14,15)/t7?,9-/m0/s1. The van der Waals surface area contributed by atoms with Gasteiger partial charge in [0.15, 0.2) is 0 Å². The number of hydrogen-bond donors (Lipinski definition) is 2. The minimum atomic E-state index is -3.84. The van der Waals surface area contributed by atoms with Gasteiger partial charge in [-0.1, -0.05) is 6.92 Å². The van der Waals surface area contributed by atoms with Crippen LogP contribution in [0.15, 0.2) is 16.3 Å². The molecule has 2 heterocycles. The number of hydrogen-bond acceptors (Lipinski definition) is 5. The van der Waals surface area contributed by atoms with Crippen molar-refractivity contribution in [3.05, 3.63) is 17.0 Å². The van der Waals surface area contributed by atoms with Crippen LogP contribution in [0.25, 0.3) is 0 Å². The van der Waals surface area contributed by atoms with Crippen molar-refractivity contribution in [2.24, 2.45) is 0 Å². The molecule has 0 bridgehead atoms. The van der Waals surface area contributed by atoms with E-state index in [-0.39, 0.29) is 17.2 Å². The topological polar surface area (TPSA) is 94.9 Å². The van der Waals surface area contributed by atoms with Crippen molar-refractivity contribution in [1.82, 2.24) is 4.31 Å². The summed E-state index contributed by atoms with van der Waals surface area (Å²) in [5.74, 6) is -1.23. The lowest BCUT2D eigenvalue weighted by Crippen LogP contribution is -2.40. The van der Waals surface area contributed by atoms with Gasteiger partial charge >= 0.3 is 5.97 Å². The molecule has 1 aliphatic rings. The SMILES string of the molecule is CCc1ccc(S(=O)(=O)N2CC(O)C[C@H]2C(=O)O)s1. The zero-order valence-electron chi connectivity index (χ0n) is 10.3. The Balaban J connectivity index is 2.35. The van der Waals surface area contributed by atoms with Crippen LogP contribution in [0.5, 0.6) is 0 Å². The fourth-order valence-electron chi connectivity index (χ4n) is 2.08. The van der Waals surface area contributed by atoms with Crippen molar-refractivity contribution >= 4 is 27.3 Å². The molecule has 1 unspecified atom stereocenters. The summed E-state index contributed by atoms with van der Waals surface area (Å²) in [4.78, 5) is 12.0. The van der Waals surface area contributed by atoms with Gasteiger partial charge in [0, 0.05) is 17.8 Å². The number of carbonyl (C=O) groups is 1. The molecule has 0 aliphatic carbocycles. The Hall–Kier alpha value is -0.960. The first-order valence-electron chi connectivity index (χ1n) is 5.87. The smallest absolute Gasteiger partial charge is 0.322 e. The van der Waals surface area contributed by atoms with Crippen molar-refractivity contribution in [2.45, 2.75) is 36.1 Å². The van der Waals surface area contributed by atoms with Crippen LogP contribution in [0, 0.1) is 0 Å². The minimum absolute atomic E-state index is 0.0689. The number of thiophene rings is 1. The Morgan fingerprint density at radius 1 is 1.53 bits per heavy atom. The summed E-state index contributed by atoms with van der Waals surface area (Å²) in [5, 5.41) is 18.6. The van der Waals surface area contributed by atoms with Gasteiger partial charge in [-0.05, 0) is 18.6 Å². The van der Waals surface area contributed by atoms with Gasteiger partial charge in [-0.2, -0.15) is 4.31 Å². The van der Waals surface area contributed by atoms with E-state index < -0.39 is 28.1 Å². The van der Waals surface area contributed by atoms with Crippen LogP contribution < -0.4 is 0 Å². The molecule has 1 aromatic rings. The Morgan fingerprint density at radius 2 is 2.21 bits per heavy atom. The number of aryl methyl sites for hydroxylation is 1. The van der Waals surface area contributed by atoms with Crippen molar-refractivity contribution in [2.75, 3.05) is 6.54 Å². The van der Waals surface area contributed by atoms with Gasteiger partial charge in [-0.25, -0.2) is 8.42 Å². The van der Waals surface area contributed by atoms with Crippen molar-refractivity contribution in [3.8, 4) is 0 Å². The molecule has 0 saturated carbocycles. The lowest BCUT2D eigenvalue weighted by Gasteiger charge is -2.19. The van der Waals surface area contributed by atoms with E-state index in [1.54, 1.807) is 6.07 Å². The second kappa shape index (κ2) is 5.20. The molecule has 0 radical (unpaired) electrons. The van der Waals surface area contributed by atoms with E-state index in [2.05, 4.69) is 0 Å². The average Bonchev–Trinajstić information content (AvgIpc) is 2.94. The van der Waals surface area contributed by atoms with Crippen LogP contribution in [-0.4, -0.2) is 47.6 Å². The highest BCUT2D eigenvalue weighted by atomic mass is 32.2. The number of rotatable bonds is 4. The Morgan fingerprint density at radius 3 is 2.74 bits per heavy atom. The highest BCUT2D eigenvalue weighted by molar-refractivity contribution is 7.91. The van der Waals surface area contributed by atoms with Gasteiger partial charge < -0.3 is 10.2 Å². The molecule has 1 aromatic heterocycles. The van der Waals surface area contributed by atoms with E-state index in [1.165, 1.54) is 6.07 Å². The molecule has 1 saturated heterocycles. The molecule has 0 spiro atoms. The van der Waals surface area contributed by atoms with Gasteiger partial charge in [-0.15, -0.1) is 11.3 Å². The number of carboxylic acid groups (broad SMARTS) is 1. The first-order chi connectivity index (χ1) is 8.86. The Bertz CT molecular complexity index is 580. The summed E-state index contributed by atoms with van der Waals surface area (Å²) in [7, 11) is -3.84. The van der Waals surface area contributed by atoms with Crippen LogP contribution in [0.2, 0.25) is 0 Å². The number of aliphatic hydroxyl groups is 1. The molecular weight excluding hydrogens is 290 g/mol. The van der Waals surface area contributed by atoms with Gasteiger partial charge in [0.1, 0.15) is 10.3 Å². The van der Waals surface area contributed by atoms with E-state index in [4.69, 9.17) is 5.11 Å². The first-order valence-corrected chi connectivity index (χ1v) is 8.13. The zero-order chi connectivity index (χ0) is 14.2. The van der Waals surface area contributed by atoms with Crippen LogP contribution in [0.3, 0.4) is 0 Å². The highest BCUT2D eigenvalue weighted by Crippen LogP contribution is 2.30. The molecule has 2 N–H and O–H groups in total. The van der Waals surface area contributed by atoms with Gasteiger partial charge in [0.05, 0.1) is 6.10 Å². The van der Waals surface area contributed by atoms with Crippen molar-refractivity contribution in [3.63, 3.8) is 0 Å². The predicted molar refractivity (Wildman–Crippen MR) is 69.6 cm³/mol. The number of carboxylic acids is 1. The minimum Gasteiger partial charge on any atom is -0.480 e. The molecule has 106 valence electrons. The third-order valence-electron chi connectivity index (χ3n) is 3.07. The maximum atomic E-state index is 12.4. The molecule has 2 rings (SSSR count). The lowest BCUT2D eigenvalue weighted by molar-refractivity contribution is -0.140. The van der Waals surface area contributed by atoms with E-state index in [1.807, 2.05) is 6.92 Å². The number of sulfonamides is 1. The fourth-order valence-corrected chi connectivity index (χ4v) is 5.13. The van der Waals surface area contributed by atoms with E-state index in [0.717, 1.165) is 26.9 Å². The largest absolute Gasteiger partial charge is 0.480 e. The second-order valence-electron chi connectivity index (χ2n) is 4.39. The van der Waals surface area contributed by atoms with Crippen LogP contribution in [-0.2, 0) is 21.2 Å². The summed E-state index contributed by atoms with van der Waals surface area (Å²) in [6.07, 6.45) is -0.271. The van der Waals surface area contributed by atoms with Gasteiger partial charge in [-0.3, -0.25) is 4.79 Å². The Labute approximate surface area is 115 Å². The maximum Gasteiger partial charge on any atom is 0.322 e. The molecular formula is C11H15NO5S2. The second-order valence-corrected chi connectivity index (χ2v) is 7.68. The molecule has 0 aromatic carbocycles. The van der Waals surface area contributed by atoms with Crippen LogP contribution in [0.4, 0.5) is 0 Å². The van der Waals surface area contributed by atoms with E-state index in [0.29, 0.717) is 0 Å². The molecule has 8 heteroatoms. The summed E-state index contributed by atoms with van der Waals surface area (Å²) in [5.41, 5.74) is 0. The quantitative estimate of drug-likeness (QED) is 0.845. The monoisotopic (exact) mass is 305 g/mol. The van der Waals surface area contributed by atoms with Crippen molar-refractivity contribution in [1.29, 1.82) is 0 Å². The van der Waals surface area contributed by atoms with Crippen LogP contribution >= 0.6 is 11.3 Å². The fraction of sp³-hybridized carbons (Fsp3) is 0.545. The third kappa shape index (κ3) is 2.66. The van der Waals surface area contributed by atoms with Gasteiger partial charge in [0.25, 0.3) is 10.0 Å². The normalized spacial score (nSPS) is 24.7. The molecule has 0 amide bonds. The summed E-state index contributed by atoms with van der Waals surface area (Å²) in [6, 6.07) is 2.02. The van der Waals surface area contributed by atoms with Crippen molar-refractivity contribution < 1.29 is 23.4 Å². The number of nitrogens with zero attached hydrogens (tertiary/aromatic N) is 1. The third-order valence-corrected chi connectivity index (χ3v) is 6.64. The Kier molecular flexibility index (Phi) is 3.95. The number of β-amino-alcohol motifs (C(OH)–C–C–N with tert-alkyl or cyclic N) is 1. The molecule has 2 atom stereocenters. The predicted octanol–water partition coefficient (Wildman–Crippen LogP) is 0.519. The summed E-state index contributed by atoms with van der Waals surface area (Å²) in [6.45, 7) is 1.75. The maximum absolute atomic E-state index is 12.4. The van der Waals surface area contributed by atoms with Gasteiger partial charge in [0.2, 0.25) is 0 Å².